The molecule has 0 aromatic heterocycles. The number of hydrazone groups is 1. The molecule has 0 fully saturated rings. The number of ether oxygens (including phenoxy) is 1. The summed E-state index contributed by atoms with van der Waals surface area (Å²) in [7, 11) is -3.14. The lowest BCUT2D eigenvalue weighted by Gasteiger charge is -2.14. The molecule has 0 saturated carbocycles. The highest BCUT2D eigenvalue weighted by molar-refractivity contribution is 7.87. The normalized spacial score (nSPS) is 11.9. The summed E-state index contributed by atoms with van der Waals surface area (Å²) in [4.78, 5) is 11.5. The van der Waals surface area contributed by atoms with E-state index in [-0.39, 0.29) is 12.2 Å². The van der Waals surface area contributed by atoms with Gasteiger partial charge in [0.15, 0.2) is 0 Å². The van der Waals surface area contributed by atoms with Crippen LogP contribution in [-0.4, -0.2) is 27.6 Å². The van der Waals surface area contributed by atoms with E-state index in [0.29, 0.717) is 23.4 Å². The summed E-state index contributed by atoms with van der Waals surface area (Å²) in [5, 5.41) is 2.79. The molecular formula is C23H18ClF3N2O5S. The number of halogens is 4. The number of alkyl halides is 3. The van der Waals surface area contributed by atoms with Crippen LogP contribution in [0.25, 0.3) is 0 Å². The zero-order valence-electron chi connectivity index (χ0n) is 18.0. The van der Waals surface area contributed by atoms with E-state index < -0.39 is 43.2 Å². The van der Waals surface area contributed by atoms with Gasteiger partial charge in [0.05, 0.1) is 30.3 Å². The second-order valence-electron chi connectivity index (χ2n) is 7.04. The average Bonchev–Trinajstić information content (AvgIpc) is 2.79. The van der Waals surface area contributed by atoms with Crippen LogP contribution in [0.4, 0.5) is 13.2 Å². The fourth-order valence-electron chi connectivity index (χ4n) is 2.94. The highest BCUT2D eigenvalue weighted by Crippen LogP contribution is 2.37. The molecular weight excluding hydrogens is 509 g/mol. The van der Waals surface area contributed by atoms with E-state index in [1.165, 1.54) is 31.4 Å². The predicted octanol–water partition coefficient (Wildman–Crippen LogP) is 4.83. The lowest BCUT2D eigenvalue weighted by molar-refractivity contribution is -0.137. The van der Waals surface area contributed by atoms with E-state index in [9.17, 15) is 26.4 Å². The zero-order chi connectivity index (χ0) is 25.6. The van der Waals surface area contributed by atoms with Crippen molar-refractivity contribution in [1.29, 1.82) is 0 Å². The molecule has 1 N–H and O–H groups in total. The summed E-state index contributed by atoms with van der Waals surface area (Å²) in [6.07, 6.45) is -4.20. The molecule has 0 unspecified atom stereocenters. The molecule has 0 radical (unpaired) electrons. The molecule has 0 saturated heterocycles. The first-order chi connectivity index (χ1) is 16.5. The number of nitrogens with one attached hydrogen (secondary N) is 1. The van der Waals surface area contributed by atoms with E-state index in [0.717, 1.165) is 6.21 Å². The van der Waals surface area contributed by atoms with Gasteiger partial charge in [0.25, 0.3) is 0 Å². The van der Waals surface area contributed by atoms with Crippen LogP contribution in [0.2, 0.25) is 5.02 Å². The Morgan fingerprint density at radius 2 is 1.74 bits per heavy atom. The Kier molecular flexibility index (Phi) is 8.03. The van der Waals surface area contributed by atoms with Crippen molar-refractivity contribution in [2.24, 2.45) is 5.10 Å². The van der Waals surface area contributed by atoms with E-state index in [1.807, 2.05) is 0 Å². The molecule has 7 nitrogen and oxygen atoms in total. The van der Waals surface area contributed by atoms with Crippen molar-refractivity contribution in [3.05, 3.63) is 88.4 Å². The largest absolute Gasteiger partial charge is 0.497 e. The predicted molar refractivity (Wildman–Crippen MR) is 123 cm³/mol. The third-order valence-electron chi connectivity index (χ3n) is 4.52. The number of hydrogen-bond donors (Lipinski definition) is 1. The molecule has 0 atom stereocenters. The van der Waals surface area contributed by atoms with Crippen molar-refractivity contribution in [1.82, 2.24) is 5.43 Å². The highest BCUT2D eigenvalue weighted by Gasteiger charge is 2.35. The Morgan fingerprint density at radius 3 is 2.40 bits per heavy atom. The number of benzene rings is 3. The zero-order valence-corrected chi connectivity index (χ0v) is 19.6. The number of methoxy groups -OCH3 is 1. The van der Waals surface area contributed by atoms with Gasteiger partial charge in [0, 0.05) is 5.56 Å². The fraction of sp³-hybridized carbons (Fsp3) is 0.130. The van der Waals surface area contributed by atoms with Crippen LogP contribution in [0.5, 0.6) is 11.5 Å². The smallest absolute Gasteiger partial charge is 0.417 e. The third-order valence-corrected chi connectivity index (χ3v) is 6.13. The van der Waals surface area contributed by atoms with E-state index in [2.05, 4.69) is 10.5 Å². The minimum Gasteiger partial charge on any atom is -0.497 e. The molecule has 0 aliphatic carbocycles. The number of amides is 1. The third kappa shape index (κ3) is 6.96. The quantitative estimate of drug-likeness (QED) is 0.258. The van der Waals surface area contributed by atoms with Crippen LogP contribution < -0.4 is 14.3 Å². The maximum absolute atomic E-state index is 13.4. The van der Waals surface area contributed by atoms with Crippen molar-refractivity contribution >= 4 is 33.8 Å². The number of carbonyl (C=O) groups is 1. The van der Waals surface area contributed by atoms with Crippen molar-refractivity contribution in [3.63, 3.8) is 0 Å². The Bertz CT molecular complexity index is 1350. The number of para-hydroxylation sites is 1. The number of rotatable bonds is 8. The summed E-state index contributed by atoms with van der Waals surface area (Å²) >= 11 is 5.73. The van der Waals surface area contributed by atoms with Gasteiger partial charge in [0.1, 0.15) is 16.4 Å². The lowest BCUT2D eigenvalue weighted by atomic mass is 10.1. The summed E-state index contributed by atoms with van der Waals surface area (Å²) in [6, 6.07) is 15.2. The van der Waals surface area contributed by atoms with Crippen LogP contribution in [0.1, 0.15) is 16.7 Å². The number of carbonyl (C=O) groups excluding carboxylic acids is 1. The van der Waals surface area contributed by atoms with Gasteiger partial charge in [-0.25, -0.2) is 5.43 Å². The van der Waals surface area contributed by atoms with Gasteiger partial charge < -0.3 is 8.92 Å². The summed E-state index contributed by atoms with van der Waals surface area (Å²) in [5.41, 5.74) is 0.995. The minimum absolute atomic E-state index is 0.0574. The lowest BCUT2D eigenvalue weighted by Crippen LogP contribution is -2.20. The van der Waals surface area contributed by atoms with Crippen LogP contribution in [-0.2, 0) is 27.5 Å². The van der Waals surface area contributed by atoms with Gasteiger partial charge in [-0.1, -0.05) is 41.9 Å². The number of nitrogens with zero attached hydrogens (tertiary/aromatic N) is 1. The highest BCUT2D eigenvalue weighted by atomic mass is 35.5. The van der Waals surface area contributed by atoms with E-state index >= 15 is 0 Å². The molecule has 35 heavy (non-hydrogen) atoms. The Hall–Kier alpha value is -3.57. The SMILES string of the molecule is COc1cccc(CC(=O)N/N=C/c2cc(C(F)(F)F)c(Cl)cc2S(=O)(=O)Oc2ccccc2)c1. The fourth-order valence-corrected chi connectivity index (χ4v) is 4.39. The maximum atomic E-state index is 13.4. The van der Waals surface area contributed by atoms with Crippen LogP contribution in [0.3, 0.4) is 0 Å². The van der Waals surface area contributed by atoms with Crippen LogP contribution >= 0.6 is 11.6 Å². The van der Waals surface area contributed by atoms with Gasteiger partial charge in [-0.05, 0) is 42.0 Å². The molecule has 3 rings (SSSR count). The van der Waals surface area contributed by atoms with Crippen molar-refractivity contribution < 1.29 is 35.3 Å². The Balaban J connectivity index is 1.89. The Morgan fingerprint density at radius 1 is 1.06 bits per heavy atom. The average molecular weight is 527 g/mol. The summed E-state index contributed by atoms with van der Waals surface area (Å²) in [6.45, 7) is 0. The van der Waals surface area contributed by atoms with Gasteiger partial charge in [-0.15, -0.1) is 0 Å². The van der Waals surface area contributed by atoms with Gasteiger partial charge in [-0.3, -0.25) is 4.79 Å². The van der Waals surface area contributed by atoms with Gasteiger partial charge >= 0.3 is 16.3 Å². The molecule has 0 spiro atoms. The number of hydrogen-bond acceptors (Lipinski definition) is 6. The molecule has 184 valence electrons. The topological polar surface area (TPSA) is 94.1 Å². The summed E-state index contributed by atoms with van der Waals surface area (Å²) < 4.78 is 75.8. The molecule has 12 heteroatoms. The summed E-state index contributed by atoms with van der Waals surface area (Å²) in [5.74, 6) is -0.115. The van der Waals surface area contributed by atoms with Crippen molar-refractivity contribution in [2.45, 2.75) is 17.5 Å². The first kappa shape index (κ1) is 26.0. The first-order valence-corrected chi connectivity index (χ1v) is 11.6. The van der Waals surface area contributed by atoms with Crippen molar-refractivity contribution in [2.75, 3.05) is 7.11 Å². The standard InChI is InChI=1S/C23H18ClF3N2O5S/c1-33-18-9-5-6-15(10-18)11-22(30)29-28-14-16-12-19(23(25,26)27)20(24)13-21(16)35(31,32)34-17-7-3-2-4-8-17/h2-10,12-14H,11H2,1H3,(H,29,30)/b28-14+. The molecule has 3 aromatic carbocycles. The molecule has 0 bridgehead atoms. The second-order valence-corrected chi connectivity index (χ2v) is 8.96. The van der Waals surface area contributed by atoms with Crippen LogP contribution in [0, 0.1) is 0 Å². The second kappa shape index (κ2) is 10.8. The minimum atomic E-state index is -4.86. The monoisotopic (exact) mass is 526 g/mol. The van der Waals surface area contributed by atoms with Gasteiger partial charge in [-0.2, -0.15) is 26.7 Å². The van der Waals surface area contributed by atoms with Crippen molar-refractivity contribution in [3.8, 4) is 11.5 Å². The van der Waals surface area contributed by atoms with Gasteiger partial charge in [0.2, 0.25) is 5.91 Å². The molecule has 3 aromatic rings. The molecule has 1 amide bonds. The molecule has 0 heterocycles. The maximum Gasteiger partial charge on any atom is 0.417 e. The molecule has 0 aliphatic heterocycles. The first-order valence-electron chi connectivity index (χ1n) is 9.85. The van der Waals surface area contributed by atoms with Crippen LogP contribution in [0.15, 0.2) is 76.7 Å². The Labute approximate surface area is 204 Å². The van der Waals surface area contributed by atoms with E-state index in [1.54, 1.807) is 30.3 Å². The van der Waals surface area contributed by atoms with E-state index in [4.69, 9.17) is 20.5 Å². The molecule has 0 aliphatic rings.